The molecule has 1 saturated heterocycles. The standard InChI is InChI=1S/C32H31N5O2/c1-21-16-24(7-12-31(21)39-27-10-6-23-13-14-33-30(23)19-27)36-32-28-18-22(5-11-29(28)34-20-35-32)17-26(38)9-8-25-4-3-15-37(25)2/h5-14,16,18-20,25,33H,3-4,15,17H2,1-2H3,(H,34,35,36)/b9-8+/t25-/m1/s1. The molecule has 39 heavy (non-hydrogen) atoms. The molecule has 0 radical (unpaired) electrons. The number of likely N-dealkylation sites (N-methyl/N-ethyl adjacent to an activating group) is 1. The van der Waals surface area contributed by atoms with Crippen molar-refractivity contribution in [3.8, 4) is 11.5 Å². The number of benzene rings is 3. The minimum Gasteiger partial charge on any atom is -0.457 e. The summed E-state index contributed by atoms with van der Waals surface area (Å²) >= 11 is 0. The molecule has 5 aromatic rings. The van der Waals surface area contributed by atoms with Crippen LogP contribution < -0.4 is 10.1 Å². The van der Waals surface area contributed by atoms with E-state index in [1.807, 2.05) is 79.9 Å². The predicted molar refractivity (Wildman–Crippen MR) is 156 cm³/mol. The van der Waals surface area contributed by atoms with E-state index in [0.29, 0.717) is 18.3 Å². The maximum absolute atomic E-state index is 12.7. The summed E-state index contributed by atoms with van der Waals surface area (Å²) in [5.41, 5.74) is 4.69. The van der Waals surface area contributed by atoms with Gasteiger partial charge in [0.25, 0.3) is 0 Å². The average molecular weight is 518 g/mol. The van der Waals surface area contributed by atoms with Crippen molar-refractivity contribution in [1.82, 2.24) is 19.9 Å². The number of carbonyl (C=O) groups excluding carboxylic acids is 1. The first-order valence-electron chi connectivity index (χ1n) is 13.3. The van der Waals surface area contributed by atoms with Crippen LogP contribution in [0.1, 0.15) is 24.0 Å². The number of anilines is 2. The van der Waals surface area contributed by atoms with Crippen LogP contribution in [0.2, 0.25) is 0 Å². The lowest BCUT2D eigenvalue weighted by Crippen LogP contribution is -2.22. The Morgan fingerprint density at radius 3 is 2.90 bits per heavy atom. The summed E-state index contributed by atoms with van der Waals surface area (Å²) in [6.45, 7) is 3.11. The van der Waals surface area contributed by atoms with E-state index >= 15 is 0 Å². The van der Waals surface area contributed by atoms with E-state index in [1.54, 1.807) is 12.4 Å². The number of carbonyl (C=O) groups is 1. The molecule has 1 aliphatic heterocycles. The molecule has 6 rings (SSSR count). The molecule has 1 aliphatic rings. The van der Waals surface area contributed by atoms with Crippen LogP contribution in [0.3, 0.4) is 0 Å². The van der Waals surface area contributed by atoms with Gasteiger partial charge in [-0.05, 0) is 104 Å². The highest BCUT2D eigenvalue weighted by atomic mass is 16.5. The zero-order valence-corrected chi connectivity index (χ0v) is 22.1. The monoisotopic (exact) mass is 517 g/mol. The predicted octanol–water partition coefficient (Wildman–Crippen LogP) is 6.72. The van der Waals surface area contributed by atoms with Crippen LogP contribution in [0, 0.1) is 6.92 Å². The fraction of sp³-hybridized carbons (Fsp3) is 0.219. The average Bonchev–Trinajstić information content (AvgIpc) is 3.57. The molecule has 7 nitrogen and oxygen atoms in total. The number of hydrogen-bond acceptors (Lipinski definition) is 6. The van der Waals surface area contributed by atoms with Gasteiger partial charge < -0.3 is 15.0 Å². The van der Waals surface area contributed by atoms with Gasteiger partial charge in [0, 0.05) is 41.3 Å². The third-order valence-corrected chi connectivity index (χ3v) is 7.35. The lowest BCUT2D eigenvalue weighted by Gasteiger charge is -2.14. The molecule has 7 heteroatoms. The molecule has 0 saturated carbocycles. The number of likely N-dealkylation sites (tertiary alicyclic amines) is 1. The minimum absolute atomic E-state index is 0.0997. The van der Waals surface area contributed by atoms with Crippen LogP contribution in [0.5, 0.6) is 11.5 Å². The molecule has 1 atom stereocenters. The van der Waals surface area contributed by atoms with Crippen LogP contribution in [0.25, 0.3) is 21.8 Å². The molecule has 3 aromatic carbocycles. The maximum atomic E-state index is 12.7. The third-order valence-electron chi connectivity index (χ3n) is 7.35. The summed E-state index contributed by atoms with van der Waals surface area (Å²) in [4.78, 5) is 27.1. The van der Waals surface area contributed by atoms with Gasteiger partial charge in [0.1, 0.15) is 23.6 Å². The Kier molecular flexibility index (Phi) is 6.82. The number of ketones is 1. The number of allylic oxidation sites excluding steroid dienone is 1. The second kappa shape index (κ2) is 10.7. The van der Waals surface area contributed by atoms with Gasteiger partial charge in [-0.1, -0.05) is 12.1 Å². The minimum atomic E-state index is 0.0997. The zero-order chi connectivity index (χ0) is 26.8. The fourth-order valence-electron chi connectivity index (χ4n) is 5.17. The summed E-state index contributed by atoms with van der Waals surface area (Å²) < 4.78 is 6.16. The second-order valence-electron chi connectivity index (χ2n) is 10.2. The fourth-order valence-corrected chi connectivity index (χ4v) is 5.17. The number of H-pyrrole nitrogens is 1. The molecular formula is C32H31N5O2. The number of aromatic amines is 1. The molecule has 2 N–H and O–H groups in total. The molecule has 1 fully saturated rings. The SMILES string of the molecule is Cc1cc(Nc2ncnc3ccc(CC(=O)/C=C/[C@H]4CCCN4C)cc23)ccc1Oc1ccc2cc[nH]c2c1. The molecular weight excluding hydrogens is 486 g/mol. The van der Waals surface area contributed by atoms with Gasteiger partial charge in [0.15, 0.2) is 5.78 Å². The number of aromatic nitrogens is 3. The topological polar surface area (TPSA) is 83.1 Å². The molecule has 0 unspecified atom stereocenters. The molecule has 0 amide bonds. The largest absolute Gasteiger partial charge is 0.457 e. The Hall–Kier alpha value is -4.49. The van der Waals surface area contributed by atoms with Gasteiger partial charge in [-0.15, -0.1) is 0 Å². The van der Waals surface area contributed by atoms with Crippen LogP contribution >= 0.6 is 0 Å². The number of ether oxygens (including phenoxy) is 1. The normalized spacial score (nSPS) is 15.9. The van der Waals surface area contributed by atoms with E-state index in [1.165, 1.54) is 6.42 Å². The van der Waals surface area contributed by atoms with Crippen LogP contribution in [0.4, 0.5) is 11.5 Å². The summed E-state index contributed by atoms with van der Waals surface area (Å²) in [6.07, 6.45) is 9.89. The van der Waals surface area contributed by atoms with E-state index in [2.05, 4.69) is 32.2 Å². The number of fused-ring (bicyclic) bond motifs is 2. The molecule has 2 aromatic heterocycles. The lowest BCUT2D eigenvalue weighted by atomic mass is 10.0. The Morgan fingerprint density at radius 2 is 2.05 bits per heavy atom. The van der Waals surface area contributed by atoms with Gasteiger partial charge in [-0.2, -0.15) is 0 Å². The van der Waals surface area contributed by atoms with Crippen molar-refractivity contribution in [2.24, 2.45) is 0 Å². The molecule has 196 valence electrons. The smallest absolute Gasteiger partial charge is 0.159 e. The van der Waals surface area contributed by atoms with Gasteiger partial charge in [0.05, 0.1) is 5.52 Å². The van der Waals surface area contributed by atoms with E-state index < -0.39 is 0 Å². The van der Waals surface area contributed by atoms with Crippen molar-refractivity contribution in [2.45, 2.75) is 32.2 Å². The number of aryl methyl sites for hydroxylation is 1. The van der Waals surface area contributed by atoms with Crippen molar-refractivity contribution < 1.29 is 9.53 Å². The molecule has 3 heterocycles. The molecule has 0 aliphatic carbocycles. The number of nitrogens with one attached hydrogen (secondary N) is 2. The van der Waals surface area contributed by atoms with Crippen molar-refractivity contribution >= 4 is 39.1 Å². The number of rotatable bonds is 8. The summed E-state index contributed by atoms with van der Waals surface area (Å²) in [6, 6.07) is 20.3. The highest BCUT2D eigenvalue weighted by Gasteiger charge is 2.18. The summed E-state index contributed by atoms with van der Waals surface area (Å²) in [5.74, 6) is 2.37. The Morgan fingerprint density at radius 1 is 1.13 bits per heavy atom. The highest BCUT2D eigenvalue weighted by Crippen LogP contribution is 2.31. The Balaban J connectivity index is 1.18. The Bertz CT molecular complexity index is 1690. The van der Waals surface area contributed by atoms with E-state index in [-0.39, 0.29) is 5.78 Å². The zero-order valence-electron chi connectivity index (χ0n) is 22.1. The van der Waals surface area contributed by atoms with Crippen LogP contribution in [0.15, 0.2) is 85.3 Å². The van der Waals surface area contributed by atoms with Gasteiger partial charge >= 0.3 is 0 Å². The number of nitrogens with zero attached hydrogens (tertiary/aromatic N) is 3. The van der Waals surface area contributed by atoms with E-state index in [9.17, 15) is 4.79 Å². The van der Waals surface area contributed by atoms with Crippen LogP contribution in [-0.2, 0) is 11.2 Å². The van der Waals surface area contributed by atoms with Gasteiger partial charge in [-0.25, -0.2) is 9.97 Å². The summed E-state index contributed by atoms with van der Waals surface area (Å²) in [5, 5.41) is 5.46. The Labute approximate surface area is 227 Å². The molecule has 0 bridgehead atoms. The van der Waals surface area contributed by atoms with Crippen molar-refractivity contribution in [2.75, 3.05) is 18.9 Å². The molecule has 0 spiro atoms. The van der Waals surface area contributed by atoms with Crippen molar-refractivity contribution in [1.29, 1.82) is 0 Å². The van der Waals surface area contributed by atoms with E-state index in [0.717, 1.165) is 63.1 Å². The number of hydrogen-bond donors (Lipinski definition) is 2. The lowest BCUT2D eigenvalue weighted by molar-refractivity contribution is -0.114. The maximum Gasteiger partial charge on any atom is 0.159 e. The van der Waals surface area contributed by atoms with Gasteiger partial charge in [-0.3, -0.25) is 9.69 Å². The van der Waals surface area contributed by atoms with Crippen LogP contribution in [-0.4, -0.2) is 45.3 Å². The third kappa shape index (κ3) is 5.54. The second-order valence-corrected chi connectivity index (χ2v) is 10.2. The first kappa shape index (κ1) is 24.8. The first-order valence-corrected chi connectivity index (χ1v) is 13.3. The first-order chi connectivity index (χ1) is 19.0. The van der Waals surface area contributed by atoms with Crippen molar-refractivity contribution in [3.63, 3.8) is 0 Å². The summed E-state index contributed by atoms with van der Waals surface area (Å²) in [7, 11) is 2.11. The van der Waals surface area contributed by atoms with Crippen molar-refractivity contribution in [3.05, 3.63) is 96.5 Å². The van der Waals surface area contributed by atoms with Gasteiger partial charge in [0.2, 0.25) is 0 Å². The quantitative estimate of drug-likeness (QED) is 0.222. The highest BCUT2D eigenvalue weighted by molar-refractivity contribution is 5.94. The van der Waals surface area contributed by atoms with E-state index in [4.69, 9.17) is 4.74 Å².